The number of phenolic OH excluding ortho intramolecular Hbond substituents is 1. The lowest BCUT2D eigenvalue weighted by Crippen LogP contribution is -2.51. The molecule has 3 atom stereocenters. The van der Waals surface area contributed by atoms with Crippen LogP contribution in [0.25, 0.3) is 33.4 Å². The van der Waals surface area contributed by atoms with E-state index >= 15 is 0 Å². The van der Waals surface area contributed by atoms with Gasteiger partial charge in [0, 0.05) is 73.2 Å². The maximum Gasteiger partial charge on any atom is 0.336 e. The second-order valence-corrected chi connectivity index (χ2v) is 16.2. The van der Waals surface area contributed by atoms with E-state index in [-0.39, 0.29) is 85.7 Å². The number of carbonyl (C=O) groups excluding carboxylic acids is 3. The third-order valence-electron chi connectivity index (χ3n) is 10.3. The molecule has 68 heavy (non-hydrogen) atoms. The number of aromatic carboxylic acids is 1. The number of nitrogens with one attached hydrogen (secondary N) is 6. The molecule has 22 nitrogen and oxygen atoms in total. The summed E-state index contributed by atoms with van der Waals surface area (Å²) in [4.78, 5) is 95.0. The van der Waals surface area contributed by atoms with Gasteiger partial charge in [0.25, 0.3) is 0 Å². The van der Waals surface area contributed by atoms with Gasteiger partial charge in [-0.2, -0.15) is 0 Å². The van der Waals surface area contributed by atoms with Gasteiger partial charge in [-0.05, 0) is 82.0 Å². The number of phenols is 1. The predicted octanol–water partition coefficient (Wildman–Crippen LogP) is 3.50. The molecule has 2 aromatic carbocycles. The minimum absolute atomic E-state index is 0.0233. The first-order valence-electron chi connectivity index (χ1n) is 21.4. The number of rotatable bonds is 28. The number of aliphatic carboxylic acids is 3. The third-order valence-corrected chi connectivity index (χ3v) is 10.3. The number of benzene rings is 3. The molecule has 0 bridgehead atoms. The maximum atomic E-state index is 12.6. The number of carboxylic acids is 4. The lowest BCUT2D eigenvalue weighted by atomic mass is 9.90. The summed E-state index contributed by atoms with van der Waals surface area (Å²) in [5.74, 6) is -5.77. The van der Waals surface area contributed by atoms with Crippen LogP contribution in [0.5, 0.6) is 5.75 Å². The average Bonchev–Trinajstić information content (AvgIpc) is 3.26. The second kappa shape index (κ2) is 24.7. The molecule has 0 spiro atoms. The zero-order chi connectivity index (χ0) is 50.1. The van der Waals surface area contributed by atoms with E-state index in [1.54, 1.807) is 31.2 Å². The van der Waals surface area contributed by atoms with E-state index in [0.717, 1.165) is 0 Å². The molecule has 366 valence electrons. The van der Waals surface area contributed by atoms with Crippen LogP contribution in [0.1, 0.15) is 69.7 Å². The van der Waals surface area contributed by atoms with Gasteiger partial charge >= 0.3 is 29.9 Å². The summed E-state index contributed by atoms with van der Waals surface area (Å²) < 4.78 is 17.7. The van der Waals surface area contributed by atoms with E-state index in [4.69, 9.17) is 24.1 Å². The Bertz CT molecular complexity index is 2520. The van der Waals surface area contributed by atoms with Crippen molar-refractivity contribution in [2.75, 3.05) is 38.2 Å². The van der Waals surface area contributed by atoms with Crippen molar-refractivity contribution < 1.29 is 73.0 Å². The molecule has 0 saturated carbocycles. The van der Waals surface area contributed by atoms with E-state index in [2.05, 4.69) is 33.2 Å². The van der Waals surface area contributed by atoms with Gasteiger partial charge in [-0.15, -0.1) is 0 Å². The molecule has 0 fully saturated rings. The molecular weight excluding hydrogens is 893 g/mol. The zero-order valence-electron chi connectivity index (χ0n) is 37.6. The van der Waals surface area contributed by atoms with E-state index in [0.29, 0.717) is 46.6 Å². The number of carboxylic acid groups (broad SMARTS) is 4. The van der Waals surface area contributed by atoms with Gasteiger partial charge in [0.2, 0.25) is 11.8 Å². The number of anilines is 1. The minimum atomic E-state index is -1.57. The number of hydrogen-bond acceptors (Lipinski definition) is 14. The van der Waals surface area contributed by atoms with Crippen molar-refractivity contribution in [3.63, 3.8) is 0 Å². The van der Waals surface area contributed by atoms with Crippen LogP contribution in [0.15, 0.2) is 76.2 Å². The molecule has 11 N–H and O–H groups in total. The third kappa shape index (κ3) is 16.6. The smallest absolute Gasteiger partial charge is 0.336 e. The molecule has 22 heteroatoms. The number of fused-ring (bicyclic) bond motifs is 2. The van der Waals surface area contributed by atoms with Crippen LogP contribution in [0.2, 0.25) is 0 Å². The molecule has 1 aliphatic carbocycles. The first kappa shape index (κ1) is 52.9. The lowest BCUT2D eigenvalue weighted by molar-refractivity contribution is -0.141. The van der Waals surface area contributed by atoms with Crippen LogP contribution in [0, 0.1) is 0 Å². The number of aromatic hydroxyl groups is 1. The summed E-state index contributed by atoms with van der Waals surface area (Å²) in [6.45, 7) is 10.5. The fraction of sp³-hybridized carbons (Fsp3) is 0.391. The van der Waals surface area contributed by atoms with Crippen LogP contribution in [0.4, 0.5) is 10.5 Å². The number of ether oxygens (including phenoxy) is 2. The molecule has 1 unspecified atom stereocenters. The van der Waals surface area contributed by atoms with Crippen molar-refractivity contribution in [2.45, 2.75) is 83.1 Å². The van der Waals surface area contributed by atoms with E-state index in [9.17, 15) is 53.7 Å². The Morgan fingerprint density at radius 1 is 0.765 bits per heavy atom. The fourth-order valence-electron chi connectivity index (χ4n) is 6.71. The van der Waals surface area contributed by atoms with Gasteiger partial charge in [0.05, 0.1) is 36.3 Å². The molecule has 1 aliphatic heterocycles. The Morgan fingerprint density at radius 3 is 2.03 bits per heavy atom. The molecule has 4 rings (SSSR count). The van der Waals surface area contributed by atoms with Crippen LogP contribution >= 0.6 is 0 Å². The Labute approximate surface area is 389 Å². The van der Waals surface area contributed by atoms with Crippen LogP contribution in [-0.4, -0.2) is 124 Å². The molecule has 2 aliphatic rings. The van der Waals surface area contributed by atoms with Gasteiger partial charge in [-0.25, -0.2) is 19.2 Å². The molecule has 0 aromatic heterocycles. The normalized spacial score (nSPS) is 12.6. The lowest BCUT2D eigenvalue weighted by Gasteiger charge is -2.28. The largest absolute Gasteiger partial charge is 0.508 e. The van der Waals surface area contributed by atoms with Crippen molar-refractivity contribution >= 4 is 58.4 Å². The highest BCUT2D eigenvalue weighted by Crippen LogP contribution is 2.42. The average molecular weight is 949 g/mol. The first-order chi connectivity index (χ1) is 32.1. The van der Waals surface area contributed by atoms with Crippen LogP contribution in [0.3, 0.4) is 0 Å². The second-order valence-electron chi connectivity index (χ2n) is 16.2. The van der Waals surface area contributed by atoms with Gasteiger partial charge < -0.3 is 71.3 Å². The topological polar surface area (TPSA) is 341 Å². The van der Waals surface area contributed by atoms with Gasteiger partial charge in [-0.3, -0.25) is 19.2 Å². The number of carbonyl (C=O) groups is 7. The van der Waals surface area contributed by atoms with Crippen LogP contribution < -0.4 is 37.3 Å². The zero-order valence-corrected chi connectivity index (χ0v) is 37.6. The van der Waals surface area contributed by atoms with E-state index in [1.165, 1.54) is 30.3 Å². The van der Waals surface area contributed by atoms with Gasteiger partial charge in [0.15, 0.2) is 5.43 Å². The monoisotopic (exact) mass is 948 g/mol. The quantitative estimate of drug-likeness (QED) is 0.0287. The molecule has 0 saturated heterocycles. The summed E-state index contributed by atoms with van der Waals surface area (Å²) in [7, 11) is 0. The van der Waals surface area contributed by atoms with Crippen molar-refractivity contribution in [3.05, 3.63) is 82.8 Å². The molecular formula is C46H56N6O16. The predicted molar refractivity (Wildman–Crippen MR) is 245 cm³/mol. The van der Waals surface area contributed by atoms with Crippen molar-refractivity contribution in [1.29, 1.82) is 0 Å². The van der Waals surface area contributed by atoms with Crippen molar-refractivity contribution in [3.8, 4) is 28.2 Å². The molecule has 4 amide bonds. The van der Waals surface area contributed by atoms with Crippen LogP contribution in [-0.2, 0) is 33.4 Å². The molecule has 1 heterocycles. The van der Waals surface area contributed by atoms with E-state index < -0.39 is 66.3 Å². The Hall–Kier alpha value is -7.72. The van der Waals surface area contributed by atoms with Crippen molar-refractivity contribution in [1.82, 2.24) is 26.6 Å². The highest BCUT2D eigenvalue weighted by Gasteiger charge is 2.27. The summed E-state index contributed by atoms with van der Waals surface area (Å²) >= 11 is 0. The summed E-state index contributed by atoms with van der Waals surface area (Å²) in [5.41, 5.74) is 1.23. The maximum absolute atomic E-state index is 12.6. The van der Waals surface area contributed by atoms with E-state index in [1.807, 2.05) is 19.2 Å². The summed E-state index contributed by atoms with van der Waals surface area (Å²) in [6.07, 6.45) is -1.42. The Kier molecular flexibility index (Phi) is 19.2. The SMILES string of the molecule is C=C(NCCC(C)(C)OCC(C)OCCC(=O)NCCNC(=O)CC[C@H](NC(=O)N[C@@H](CCC(=O)O)C(=O)O)C(=O)O)Nc1ccc(-c2c3ccc(=O)cc-3oc3cc(O)ccc23)c(C(=O)O)c1. The highest BCUT2D eigenvalue weighted by molar-refractivity contribution is 6.08. The fourth-order valence-corrected chi connectivity index (χ4v) is 6.71. The molecule has 0 radical (unpaired) electrons. The highest BCUT2D eigenvalue weighted by atomic mass is 16.5. The number of urea groups is 1. The number of hydrogen-bond donors (Lipinski definition) is 11. The first-order valence-corrected chi connectivity index (χ1v) is 21.4. The van der Waals surface area contributed by atoms with Gasteiger partial charge in [0.1, 0.15) is 29.2 Å². The minimum Gasteiger partial charge on any atom is -0.508 e. The Morgan fingerprint density at radius 2 is 1.40 bits per heavy atom. The number of amides is 4. The summed E-state index contributed by atoms with van der Waals surface area (Å²) in [6, 6.07) is 9.31. The molecule has 2 aromatic rings. The van der Waals surface area contributed by atoms with Gasteiger partial charge in [-0.1, -0.05) is 12.6 Å². The standard InChI is InChI=1S/C46H56N6O16/c1-25(66-20-15-39(56)49-19-18-48-38(55)13-11-34(43(61)62)51-45(65)52-35(44(63)64)12-14-40(57)58)24-67-46(3,4)16-17-47-26(2)50-27-5-8-30(33(21-27)42(59)60)41-31-9-6-28(53)22-36(31)68-37-23-29(54)7-10-32(37)41/h5-10,21-23,25,34-35,47,50,53H,2,11-20,24H2,1,3-4H3,(H,48,55)(H,49,56)(H,57,58)(H,59,60)(H,61,62)(H,63,64)(H2,51,52,65)/t25?,34-,35-/m0/s1. The Balaban J connectivity index is 1.13. The van der Waals surface area contributed by atoms with Crippen molar-refractivity contribution in [2.24, 2.45) is 0 Å². The summed E-state index contributed by atoms with van der Waals surface area (Å²) in [5, 5.41) is 63.7.